The van der Waals surface area contributed by atoms with E-state index in [1.807, 2.05) is 18.2 Å². The van der Waals surface area contributed by atoms with Crippen molar-refractivity contribution in [1.29, 1.82) is 0 Å². The summed E-state index contributed by atoms with van der Waals surface area (Å²) in [5, 5.41) is -0.341. The predicted molar refractivity (Wildman–Crippen MR) is 88.7 cm³/mol. The number of carbonyl (C=O) groups is 2. The zero-order valence-corrected chi connectivity index (χ0v) is 13.5. The van der Waals surface area contributed by atoms with Gasteiger partial charge >= 0.3 is 6.03 Å². The van der Waals surface area contributed by atoms with E-state index in [9.17, 15) is 9.59 Å². The van der Waals surface area contributed by atoms with Crippen LogP contribution in [0.3, 0.4) is 0 Å². The maximum absolute atomic E-state index is 12.5. The first-order chi connectivity index (χ1) is 10.7. The smallest absolute Gasteiger partial charge is 0.312 e. The Morgan fingerprint density at radius 3 is 2.50 bits per heavy atom. The molecule has 0 N–H and O–H groups in total. The van der Waals surface area contributed by atoms with Gasteiger partial charge in [-0.25, -0.2) is 4.79 Å². The highest BCUT2D eigenvalue weighted by atomic mass is 32.1. The fourth-order valence-electron chi connectivity index (χ4n) is 3.40. The highest BCUT2D eigenvalue weighted by molar-refractivity contribution is 7.80. The van der Waals surface area contributed by atoms with Gasteiger partial charge in [0.1, 0.15) is 6.54 Å². The first-order valence-electron chi connectivity index (χ1n) is 8.01. The second kappa shape index (κ2) is 6.73. The van der Waals surface area contributed by atoms with Crippen LogP contribution in [0.5, 0.6) is 0 Å². The van der Waals surface area contributed by atoms with Crippen molar-refractivity contribution in [1.82, 2.24) is 9.80 Å². The lowest BCUT2D eigenvalue weighted by Gasteiger charge is -2.25. The molecule has 118 valence electrons. The Labute approximate surface area is 136 Å². The van der Waals surface area contributed by atoms with E-state index in [0.29, 0.717) is 6.42 Å². The highest BCUT2D eigenvalue weighted by Crippen LogP contribution is 2.29. The van der Waals surface area contributed by atoms with Crippen LogP contribution in [0, 0.1) is 0 Å². The Kier molecular flexibility index (Phi) is 4.71. The van der Waals surface area contributed by atoms with Crippen LogP contribution in [0.2, 0.25) is 0 Å². The first-order valence-corrected chi connectivity index (χ1v) is 8.53. The summed E-state index contributed by atoms with van der Waals surface area (Å²) in [6.45, 7) is 0.228. The molecule has 0 aromatic heterocycles. The van der Waals surface area contributed by atoms with Gasteiger partial charge in [0.15, 0.2) is 0 Å². The third kappa shape index (κ3) is 3.14. The van der Waals surface area contributed by atoms with Crippen molar-refractivity contribution < 1.29 is 9.59 Å². The summed E-state index contributed by atoms with van der Waals surface area (Å²) in [5.74, 6) is -0.107. The Morgan fingerprint density at radius 1 is 1.14 bits per heavy atom. The number of hydrogen-bond donors (Lipinski definition) is 1. The van der Waals surface area contributed by atoms with Gasteiger partial charge in [-0.2, -0.15) is 12.6 Å². The van der Waals surface area contributed by atoms with Crippen molar-refractivity contribution in [2.24, 2.45) is 0 Å². The quantitative estimate of drug-likeness (QED) is 0.669. The van der Waals surface area contributed by atoms with Crippen LogP contribution in [0.1, 0.15) is 37.7 Å². The number of hydrogen-bond acceptors (Lipinski definition) is 3. The van der Waals surface area contributed by atoms with Gasteiger partial charge in [-0.3, -0.25) is 9.69 Å². The van der Waals surface area contributed by atoms with Crippen LogP contribution >= 0.6 is 12.6 Å². The standard InChI is InChI=1S/C17H22N2O2S/c20-15-12-18(14-8-4-5-9-14)17(21)19(15)16(22)11-10-13-6-2-1-3-7-13/h1-3,6-7,14,16,22H,4-5,8-12H2. The van der Waals surface area contributed by atoms with Gasteiger partial charge in [0.2, 0.25) is 0 Å². The summed E-state index contributed by atoms with van der Waals surface area (Å²) in [5.41, 5.74) is 1.20. The van der Waals surface area contributed by atoms with Gasteiger partial charge in [0.05, 0.1) is 5.37 Å². The van der Waals surface area contributed by atoms with E-state index in [-0.39, 0.29) is 29.9 Å². The molecule has 1 unspecified atom stereocenters. The second-order valence-corrected chi connectivity index (χ2v) is 6.71. The van der Waals surface area contributed by atoms with Crippen LogP contribution in [-0.4, -0.2) is 39.7 Å². The largest absolute Gasteiger partial charge is 0.328 e. The normalized spacial score (nSPS) is 21.0. The van der Waals surface area contributed by atoms with Gasteiger partial charge in [-0.05, 0) is 31.2 Å². The van der Waals surface area contributed by atoms with Crippen molar-refractivity contribution >= 4 is 24.6 Å². The molecule has 5 heteroatoms. The Hall–Kier alpha value is -1.49. The molecule has 0 bridgehead atoms. The molecule has 1 aromatic rings. The minimum Gasteiger partial charge on any atom is -0.312 e. The van der Waals surface area contributed by atoms with Gasteiger partial charge in [-0.1, -0.05) is 43.2 Å². The fourth-order valence-corrected chi connectivity index (χ4v) is 3.76. The van der Waals surface area contributed by atoms with Crippen LogP contribution in [0.25, 0.3) is 0 Å². The van der Waals surface area contributed by atoms with Crippen LogP contribution in [0.4, 0.5) is 4.79 Å². The molecule has 1 aliphatic carbocycles. The Balaban J connectivity index is 1.60. The summed E-state index contributed by atoms with van der Waals surface area (Å²) >= 11 is 4.51. The van der Waals surface area contributed by atoms with Crippen molar-refractivity contribution in [3.8, 4) is 0 Å². The molecule has 2 fully saturated rings. The number of carbonyl (C=O) groups excluding carboxylic acids is 2. The van der Waals surface area contributed by atoms with Crippen LogP contribution < -0.4 is 0 Å². The van der Waals surface area contributed by atoms with Crippen LogP contribution in [0.15, 0.2) is 30.3 Å². The summed E-state index contributed by atoms with van der Waals surface area (Å²) in [7, 11) is 0. The molecule has 0 radical (unpaired) electrons. The van der Waals surface area contributed by atoms with E-state index in [1.54, 1.807) is 4.90 Å². The lowest BCUT2D eigenvalue weighted by molar-refractivity contribution is -0.125. The van der Waals surface area contributed by atoms with E-state index in [2.05, 4.69) is 24.8 Å². The van der Waals surface area contributed by atoms with Crippen molar-refractivity contribution in [3.05, 3.63) is 35.9 Å². The minimum atomic E-state index is -0.341. The van der Waals surface area contributed by atoms with E-state index >= 15 is 0 Å². The molecule has 4 nitrogen and oxygen atoms in total. The summed E-state index contributed by atoms with van der Waals surface area (Å²) < 4.78 is 0. The fraction of sp³-hybridized carbons (Fsp3) is 0.529. The zero-order valence-electron chi connectivity index (χ0n) is 12.6. The number of rotatable bonds is 5. The molecule has 1 heterocycles. The third-order valence-electron chi connectivity index (χ3n) is 4.62. The molecule has 22 heavy (non-hydrogen) atoms. The van der Waals surface area contributed by atoms with E-state index in [1.165, 1.54) is 10.5 Å². The summed E-state index contributed by atoms with van der Waals surface area (Å²) in [4.78, 5) is 27.9. The minimum absolute atomic E-state index is 0.107. The maximum Gasteiger partial charge on any atom is 0.328 e. The molecule has 0 spiro atoms. The second-order valence-electron chi connectivity index (χ2n) is 6.12. The predicted octanol–water partition coefficient (Wildman–Crippen LogP) is 3.08. The van der Waals surface area contributed by atoms with E-state index in [4.69, 9.17) is 0 Å². The highest BCUT2D eigenvalue weighted by Gasteiger charge is 2.42. The lowest BCUT2D eigenvalue weighted by Crippen LogP contribution is -2.41. The topological polar surface area (TPSA) is 40.6 Å². The summed E-state index contributed by atoms with van der Waals surface area (Å²) in [6.07, 6.45) is 5.85. The molecule has 1 atom stereocenters. The molecular formula is C17H22N2O2S. The summed E-state index contributed by atoms with van der Waals surface area (Å²) in [6, 6.07) is 10.2. The molecule has 1 saturated carbocycles. The molecular weight excluding hydrogens is 296 g/mol. The monoisotopic (exact) mass is 318 g/mol. The number of imide groups is 1. The van der Waals surface area contributed by atoms with E-state index < -0.39 is 0 Å². The van der Waals surface area contributed by atoms with E-state index in [0.717, 1.165) is 32.1 Å². The van der Waals surface area contributed by atoms with Crippen molar-refractivity contribution in [2.75, 3.05) is 6.54 Å². The number of amides is 3. The SMILES string of the molecule is O=C1CN(C2CCCC2)C(=O)N1C(S)CCc1ccccc1. The molecule has 2 aliphatic rings. The Bertz CT molecular complexity index is 543. The molecule has 3 amide bonds. The van der Waals surface area contributed by atoms with Crippen LogP contribution in [-0.2, 0) is 11.2 Å². The van der Waals surface area contributed by atoms with Gasteiger partial charge in [0.25, 0.3) is 5.91 Å². The molecule has 1 aliphatic heterocycles. The van der Waals surface area contributed by atoms with Gasteiger partial charge in [-0.15, -0.1) is 0 Å². The third-order valence-corrected chi connectivity index (χ3v) is 5.11. The average molecular weight is 318 g/mol. The Morgan fingerprint density at radius 2 is 1.82 bits per heavy atom. The number of benzene rings is 1. The van der Waals surface area contributed by atoms with Crippen molar-refractivity contribution in [3.63, 3.8) is 0 Å². The molecule has 1 saturated heterocycles. The number of thiol groups is 1. The van der Waals surface area contributed by atoms with Gasteiger partial charge < -0.3 is 4.90 Å². The average Bonchev–Trinajstić information content (AvgIpc) is 3.14. The molecule has 1 aromatic carbocycles. The first kappa shape index (κ1) is 15.4. The maximum atomic E-state index is 12.5. The lowest BCUT2D eigenvalue weighted by atomic mass is 10.1. The number of urea groups is 1. The van der Waals surface area contributed by atoms with Crippen molar-refractivity contribution in [2.45, 2.75) is 49.9 Å². The molecule has 3 rings (SSSR count). The number of nitrogens with zero attached hydrogens (tertiary/aromatic N) is 2. The number of aryl methyl sites for hydroxylation is 1. The zero-order chi connectivity index (χ0) is 15.5. The van der Waals surface area contributed by atoms with Gasteiger partial charge in [0, 0.05) is 6.04 Å².